The van der Waals surface area contributed by atoms with Crippen LogP contribution in [0.2, 0.25) is 0 Å². The number of carbonyl (C=O) groups excluding carboxylic acids is 1. The lowest BCUT2D eigenvalue weighted by Crippen LogP contribution is -2.50. The van der Waals surface area contributed by atoms with Crippen LogP contribution in [-0.4, -0.2) is 12.5 Å². The quantitative estimate of drug-likeness (QED) is 0.840. The number of nitrogens with two attached hydrogens (primary N) is 1. The first-order valence-corrected chi connectivity index (χ1v) is 5.86. The van der Waals surface area contributed by atoms with Gasteiger partial charge in [0.05, 0.1) is 0 Å². The first-order valence-electron chi connectivity index (χ1n) is 5.86. The molecule has 0 saturated carbocycles. The van der Waals surface area contributed by atoms with Crippen LogP contribution >= 0.6 is 0 Å². The molecule has 0 aliphatic carbocycles. The fourth-order valence-corrected chi connectivity index (χ4v) is 1.44. The number of hydrogen-bond donors (Lipinski definition) is 2. The normalized spacial score (nSPS) is 15.1. The van der Waals surface area contributed by atoms with E-state index in [2.05, 4.69) is 26.1 Å². The highest BCUT2D eigenvalue weighted by Crippen LogP contribution is 2.18. The van der Waals surface area contributed by atoms with Crippen molar-refractivity contribution in [2.24, 2.45) is 11.1 Å². The minimum Gasteiger partial charge on any atom is -0.354 e. The lowest BCUT2D eigenvalue weighted by molar-refractivity contribution is -0.126. The van der Waals surface area contributed by atoms with Crippen LogP contribution in [0.1, 0.15) is 33.3 Å². The molecule has 0 heterocycles. The summed E-state index contributed by atoms with van der Waals surface area (Å²) in [7, 11) is 0. The molecule has 3 nitrogen and oxygen atoms in total. The van der Waals surface area contributed by atoms with Crippen LogP contribution in [0.25, 0.3) is 0 Å². The molecule has 1 aromatic carbocycles. The molecular weight excluding hydrogens is 212 g/mol. The van der Waals surface area contributed by atoms with E-state index in [-0.39, 0.29) is 11.3 Å². The third kappa shape index (κ3) is 3.86. The predicted molar refractivity (Wildman–Crippen MR) is 70.4 cm³/mol. The van der Waals surface area contributed by atoms with Crippen LogP contribution < -0.4 is 11.1 Å². The molecule has 0 spiro atoms. The van der Waals surface area contributed by atoms with E-state index in [4.69, 9.17) is 5.73 Å². The van der Waals surface area contributed by atoms with E-state index in [1.54, 1.807) is 6.92 Å². The van der Waals surface area contributed by atoms with E-state index >= 15 is 0 Å². The summed E-state index contributed by atoms with van der Waals surface area (Å²) in [6, 6.07) is 9.43. The zero-order valence-corrected chi connectivity index (χ0v) is 11.1. The summed E-state index contributed by atoms with van der Waals surface area (Å²) in [6.45, 7) is 8.57. The summed E-state index contributed by atoms with van der Waals surface area (Å²) in [5, 5.41) is 2.90. The molecule has 0 aliphatic heterocycles. The highest BCUT2D eigenvalue weighted by Gasteiger charge is 2.30. The summed E-state index contributed by atoms with van der Waals surface area (Å²) in [5.74, 6) is -0.140. The Morgan fingerprint density at radius 1 is 1.18 bits per heavy atom. The van der Waals surface area contributed by atoms with Gasteiger partial charge in [-0.2, -0.15) is 0 Å². The maximum atomic E-state index is 12.1. The minimum absolute atomic E-state index is 0.0580. The van der Waals surface area contributed by atoms with Crippen molar-refractivity contribution in [1.82, 2.24) is 5.32 Å². The van der Waals surface area contributed by atoms with Gasteiger partial charge in [0.25, 0.3) is 0 Å². The maximum Gasteiger partial charge on any atom is 0.244 e. The van der Waals surface area contributed by atoms with Crippen LogP contribution in [0, 0.1) is 5.41 Å². The molecule has 1 aromatic rings. The zero-order valence-electron chi connectivity index (χ0n) is 11.1. The van der Waals surface area contributed by atoms with Gasteiger partial charge < -0.3 is 11.1 Å². The smallest absolute Gasteiger partial charge is 0.244 e. The number of nitrogens with one attached hydrogen (secondary N) is 1. The largest absolute Gasteiger partial charge is 0.354 e. The second-order valence-corrected chi connectivity index (χ2v) is 5.81. The predicted octanol–water partition coefficient (Wildman–Crippen LogP) is 2.02. The molecule has 0 aliphatic rings. The van der Waals surface area contributed by atoms with E-state index in [9.17, 15) is 4.79 Å². The van der Waals surface area contributed by atoms with Crippen molar-refractivity contribution in [2.45, 2.75) is 33.2 Å². The summed E-state index contributed by atoms with van der Waals surface area (Å²) in [4.78, 5) is 12.1. The first kappa shape index (κ1) is 13.7. The van der Waals surface area contributed by atoms with Crippen molar-refractivity contribution < 1.29 is 4.79 Å². The monoisotopic (exact) mass is 234 g/mol. The topological polar surface area (TPSA) is 55.1 Å². The second kappa shape index (κ2) is 4.88. The Morgan fingerprint density at radius 3 is 2.18 bits per heavy atom. The van der Waals surface area contributed by atoms with Gasteiger partial charge in [-0.3, -0.25) is 4.79 Å². The summed E-state index contributed by atoms with van der Waals surface area (Å²) in [6.07, 6.45) is 0. The fraction of sp³-hybridized carbons (Fsp3) is 0.500. The molecule has 3 heteroatoms. The maximum absolute atomic E-state index is 12.1. The van der Waals surface area contributed by atoms with Crippen molar-refractivity contribution in [3.05, 3.63) is 35.9 Å². The molecule has 3 N–H and O–H groups in total. The van der Waals surface area contributed by atoms with Crippen molar-refractivity contribution in [2.75, 3.05) is 6.54 Å². The number of carbonyl (C=O) groups is 1. The highest BCUT2D eigenvalue weighted by atomic mass is 16.2. The molecule has 0 aromatic heterocycles. The molecule has 94 valence electrons. The van der Waals surface area contributed by atoms with Crippen molar-refractivity contribution in [3.8, 4) is 0 Å². The molecule has 0 radical (unpaired) electrons. The lowest BCUT2D eigenvalue weighted by atomic mass is 9.91. The molecule has 0 fully saturated rings. The van der Waals surface area contributed by atoms with Crippen LogP contribution in [0.3, 0.4) is 0 Å². The number of rotatable bonds is 3. The van der Waals surface area contributed by atoms with Gasteiger partial charge in [0.2, 0.25) is 5.91 Å². The SMILES string of the molecule is CC(C)(C)CNC(=O)C(C)(N)c1ccccc1. The van der Waals surface area contributed by atoms with Gasteiger partial charge >= 0.3 is 0 Å². The van der Waals surface area contributed by atoms with Crippen molar-refractivity contribution in [1.29, 1.82) is 0 Å². The standard InChI is InChI=1S/C14H22N2O/c1-13(2,3)10-16-12(17)14(4,15)11-8-6-5-7-9-11/h5-9H,10,15H2,1-4H3,(H,16,17). The summed E-state index contributed by atoms with van der Waals surface area (Å²) in [5.41, 5.74) is 6.00. The van der Waals surface area contributed by atoms with Gasteiger partial charge in [-0.25, -0.2) is 0 Å². The van der Waals surface area contributed by atoms with Gasteiger partial charge in [0, 0.05) is 6.54 Å². The van der Waals surface area contributed by atoms with Crippen LogP contribution in [0.4, 0.5) is 0 Å². The number of benzene rings is 1. The van der Waals surface area contributed by atoms with Gasteiger partial charge in [0.1, 0.15) is 5.54 Å². The van der Waals surface area contributed by atoms with Gasteiger partial charge in [-0.15, -0.1) is 0 Å². The second-order valence-electron chi connectivity index (χ2n) is 5.81. The molecule has 0 saturated heterocycles. The number of hydrogen-bond acceptors (Lipinski definition) is 2. The van der Waals surface area contributed by atoms with Crippen LogP contribution in [0.15, 0.2) is 30.3 Å². The fourth-order valence-electron chi connectivity index (χ4n) is 1.44. The Hall–Kier alpha value is -1.35. The Bertz CT molecular complexity index is 377. The molecule has 1 unspecified atom stereocenters. The molecule has 17 heavy (non-hydrogen) atoms. The Balaban J connectivity index is 2.74. The van der Waals surface area contributed by atoms with Crippen LogP contribution in [-0.2, 0) is 10.3 Å². The average molecular weight is 234 g/mol. The molecule has 1 amide bonds. The average Bonchev–Trinajstić information content (AvgIpc) is 2.26. The summed E-state index contributed by atoms with van der Waals surface area (Å²) < 4.78 is 0. The first-order chi connectivity index (χ1) is 7.73. The molecule has 1 atom stereocenters. The summed E-state index contributed by atoms with van der Waals surface area (Å²) >= 11 is 0. The molecular formula is C14H22N2O. The van der Waals surface area contributed by atoms with E-state index in [1.165, 1.54) is 0 Å². The third-order valence-electron chi connectivity index (χ3n) is 2.62. The van der Waals surface area contributed by atoms with Crippen LogP contribution in [0.5, 0.6) is 0 Å². The highest BCUT2D eigenvalue weighted by molar-refractivity contribution is 5.86. The van der Waals surface area contributed by atoms with E-state index in [1.807, 2.05) is 30.3 Å². The van der Waals surface area contributed by atoms with Crippen molar-refractivity contribution >= 4 is 5.91 Å². The Kier molecular flexibility index (Phi) is 3.94. The number of amides is 1. The van der Waals surface area contributed by atoms with Gasteiger partial charge in [-0.1, -0.05) is 51.1 Å². The zero-order chi connectivity index (χ0) is 13.1. The van der Waals surface area contributed by atoms with Gasteiger partial charge in [-0.05, 0) is 17.9 Å². The molecule has 1 rings (SSSR count). The third-order valence-corrected chi connectivity index (χ3v) is 2.62. The molecule has 0 bridgehead atoms. The van der Waals surface area contributed by atoms with E-state index in [0.29, 0.717) is 6.54 Å². The van der Waals surface area contributed by atoms with E-state index in [0.717, 1.165) is 5.56 Å². The van der Waals surface area contributed by atoms with E-state index < -0.39 is 5.54 Å². The van der Waals surface area contributed by atoms with Crippen molar-refractivity contribution in [3.63, 3.8) is 0 Å². The Morgan fingerprint density at radius 2 is 1.71 bits per heavy atom. The van der Waals surface area contributed by atoms with Gasteiger partial charge in [0.15, 0.2) is 0 Å². The minimum atomic E-state index is -0.980. The lowest BCUT2D eigenvalue weighted by Gasteiger charge is -2.27. The Labute approximate surface area is 103 Å².